The molecule has 2 saturated heterocycles. The molecule has 2 aliphatic heterocycles. The minimum absolute atomic E-state index is 0.124. The molecule has 2 heterocycles. The first kappa shape index (κ1) is 15.7. The molecule has 3 aliphatic rings. The summed E-state index contributed by atoms with van der Waals surface area (Å²) in [5.41, 5.74) is -0.326. The lowest BCUT2D eigenvalue weighted by Gasteiger charge is -2.44. The summed E-state index contributed by atoms with van der Waals surface area (Å²) < 4.78 is 17.7. The molecule has 0 aromatic heterocycles. The van der Waals surface area contributed by atoms with E-state index in [9.17, 15) is 5.11 Å². The molecule has 21 heavy (non-hydrogen) atoms. The first-order chi connectivity index (χ1) is 9.84. The van der Waals surface area contributed by atoms with Crippen LogP contribution in [0.1, 0.15) is 47.0 Å². The fourth-order valence-corrected chi connectivity index (χ4v) is 4.50. The summed E-state index contributed by atoms with van der Waals surface area (Å²) in [6.45, 7) is 9.54. The number of rotatable bonds is 5. The average molecular weight is 298 g/mol. The van der Waals surface area contributed by atoms with E-state index in [-0.39, 0.29) is 35.2 Å². The molecule has 4 heteroatoms. The van der Waals surface area contributed by atoms with Gasteiger partial charge in [-0.2, -0.15) is 0 Å². The zero-order valence-electron chi connectivity index (χ0n) is 14.0. The SMILES string of the molecule is CO[C@@H]1[C@H](O)[C@H](C)C[C@]2(CO2)[C@H]1C1(C)O[C@@H]1CCC(C)C. The smallest absolute Gasteiger partial charge is 0.100 e. The molecule has 0 radical (unpaired) electrons. The minimum atomic E-state index is -0.429. The molecule has 1 saturated carbocycles. The van der Waals surface area contributed by atoms with Gasteiger partial charge in [0.2, 0.25) is 0 Å². The van der Waals surface area contributed by atoms with E-state index in [2.05, 4.69) is 27.7 Å². The molecule has 1 spiro atoms. The van der Waals surface area contributed by atoms with Gasteiger partial charge in [0.1, 0.15) is 11.2 Å². The number of aliphatic hydroxyl groups is 1. The first-order valence-corrected chi connectivity index (χ1v) is 8.36. The van der Waals surface area contributed by atoms with Gasteiger partial charge in [0.15, 0.2) is 0 Å². The van der Waals surface area contributed by atoms with Crippen molar-refractivity contribution >= 4 is 0 Å². The van der Waals surface area contributed by atoms with Crippen molar-refractivity contribution in [3.63, 3.8) is 0 Å². The van der Waals surface area contributed by atoms with Crippen LogP contribution in [-0.4, -0.2) is 48.3 Å². The van der Waals surface area contributed by atoms with Crippen molar-refractivity contribution in [1.29, 1.82) is 0 Å². The monoisotopic (exact) mass is 298 g/mol. The predicted octanol–water partition coefficient (Wildman–Crippen LogP) is 2.38. The van der Waals surface area contributed by atoms with Crippen LogP contribution in [0.2, 0.25) is 0 Å². The van der Waals surface area contributed by atoms with Crippen LogP contribution in [0.15, 0.2) is 0 Å². The maximum absolute atomic E-state index is 10.5. The number of ether oxygens (including phenoxy) is 3. The molecule has 1 aliphatic carbocycles. The molecule has 1 N–H and O–H groups in total. The second kappa shape index (κ2) is 5.19. The summed E-state index contributed by atoms with van der Waals surface area (Å²) in [6.07, 6.45) is 2.84. The molecule has 1 unspecified atom stereocenters. The third-order valence-corrected chi connectivity index (χ3v) is 5.87. The van der Waals surface area contributed by atoms with Gasteiger partial charge >= 0.3 is 0 Å². The maximum atomic E-state index is 10.5. The van der Waals surface area contributed by atoms with Gasteiger partial charge in [-0.3, -0.25) is 0 Å². The average Bonchev–Trinajstić information content (AvgIpc) is 3.31. The highest BCUT2D eigenvalue weighted by Crippen LogP contribution is 2.60. The Hall–Kier alpha value is -0.160. The van der Waals surface area contributed by atoms with Crippen molar-refractivity contribution in [2.45, 2.75) is 76.5 Å². The molecule has 0 aromatic carbocycles. The van der Waals surface area contributed by atoms with Crippen LogP contribution in [0.5, 0.6) is 0 Å². The fraction of sp³-hybridized carbons (Fsp3) is 1.00. The lowest BCUT2D eigenvalue weighted by molar-refractivity contribution is -0.137. The molecule has 0 bridgehead atoms. The van der Waals surface area contributed by atoms with Gasteiger partial charge in [0.25, 0.3) is 0 Å². The van der Waals surface area contributed by atoms with Crippen LogP contribution < -0.4 is 0 Å². The van der Waals surface area contributed by atoms with Gasteiger partial charge in [-0.15, -0.1) is 0 Å². The number of methoxy groups -OCH3 is 1. The summed E-state index contributed by atoms with van der Waals surface area (Å²) >= 11 is 0. The molecule has 0 aromatic rings. The number of aliphatic hydroxyl groups excluding tert-OH is 1. The van der Waals surface area contributed by atoms with E-state index in [1.807, 2.05) is 0 Å². The quantitative estimate of drug-likeness (QED) is 0.792. The van der Waals surface area contributed by atoms with Crippen molar-refractivity contribution in [1.82, 2.24) is 0 Å². The third kappa shape index (κ3) is 2.54. The van der Waals surface area contributed by atoms with Gasteiger partial charge in [0, 0.05) is 7.11 Å². The summed E-state index contributed by atoms with van der Waals surface area (Å²) in [5.74, 6) is 1.04. The topological polar surface area (TPSA) is 54.5 Å². The highest BCUT2D eigenvalue weighted by atomic mass is 16.6. The van der Waals surface area contributed by atoms with Crippen LogP contribution in [-0.2, 0) is 14.2 Å². The summed E-state index contributed by atoms with van der Waals surface area (Å²) in [7, 11) is 1.70. The zero-order valence-corrected chi connectivity index (χ0v) is 14.0. The standard InChI is InChI=1S/C17H30O4/c1-10(2)6-7-12-16(4,21-12)15-14(19-5)13(18)11(3)8-17(15)9-20-17/h10-15,18H,6-9H2,1-5H3/t11-,12-,13-,14-,15-,16?,17+/m1/s1. The normalized spacial score (nSPS) is 52.4. The summed E-state index contributed by atoms with van der Waals surface area (Å²) in [4.78, 5) is 0. The Morgan fingerprint density at radius 3 is 2.57 bits per heavy atom. The van der Waals surface area contributed by atoms with E-state index in [4.69, 9.17) is 14.2 Å². The van der Waals surface area contributed by atoms with Crippen LogP contribution in [0.4, 0.5) is 0 Å². The van der Waals surface area contributed by atoms with Crippen molar-refractivity contribution in [3.05, 3.63) is 0 Å². The third-order valence-electron chi connectivity index (χ3n) is 5.87. The number of epoxide rings is 2. The minimum Gasteiger partial charge on any atom is -0.390 e. The highest BCUT2D eigenvalue weighted by Gasteiger charge is 2.72. The van der Waals surface area contributed by atoms with Crippen molar-refractivity contribution < 1.29 is 19.3 Å². The Bertz CT molecular complexity index is 392. The van der Waals surface area contributed by atoms with E-state index >= 15 is 0 Å². The summed E-state index contributed by atoms with van der Waals surface area (Å²) in [6, 6.07) is 0. The van der Waals surface area contributed by atoms with Crippen molar-refractivity contribution in [2.24, 2.45) is 17.8 Å². The Morgan fingerprint density at radius 2 is 2.05 bits per heavy atom. The molecule has 7 atom stereocenters. The van der Waals surface area contributed by atoms with Gasteiger partial charge in [-0.25, -0.2) is 0 Å². The maximum Gasteiger partial charge on any atom is 0.100 e. The van der Waals surface area contributed by atoms with E-state index in [1.54, 1.807) is 7.11 Å². The first-order valence-electron chi connectivity index (χ1n) is 8.36. The van der Waals surface area contributed by atoms with Crippen LogP contribution in [0.25, 0.3) is 0 Å². The van der Waals surface area contributed by atoms with Crippen molar-refractivity contribution in [2.75, 3.05) is 13.7 Å². The van der Waals surface area contributed by atoms with Crippen molar-refractivity contribution in [3.8, 4) is 0 Å². The van der Waals surface area contributed by atoms with E-state index in [0.717, 1.165) is 19.4 Å². The second-order valence-corrected chi connectivity index (χ2v) is 7.96. The molecule has 3 rings (SSSR count). The Morgan fingerprint density at radius 1 is 1.38 bits per heavy atom. The van der Waals surface area contributed by atoms with E-state index in [1.165, 1.54) is 6.42 Å². The second-order valence-electron chi connectivity index (χ2n) is 7.96. The predicted molar refractivity (Wildman–Crippen MR) is 80.1 cm³/mol. The Kier molecular flexibility index (Phi) is 3.89. The molecule has 122 valence electrons. The van der Waals surface area contributed by atoms with E-state index < -0.39 is 6.10 Å². The summed E-state index contributed by atoms with van der Waals surface area (Å²) in [5, 5.41) is 10.5. The van der Waals surface area contributed by atoms with Gasteiger partial charge < -0.3 is 19.3 Å². The van der Waals surface area contributed by atoms with Gasteiger partial charge in [0.05, 0.1) is 30.8 Å². The molecular weight excluding hydrogens is 268 g/mol. The van der Waals surface area contributed by atoms with Gasteiger partial charge in [-0.1, -0.05) is 20.8 Å². The molecule has 4 nitrogen and oxygen atoms in total. The number of hydrogen-bond acceptors (Lipinski definition) is 4. The lowest BCUT2D eigenvalue weighted by Crippen LogP contribution is -2.57. The van der Waals surface area contributed by atoms with Crippen LogP contribution >= 0.6 is 0 Å². The largest absolute Gasteiger partial charge is 0.390 e. The molecule has 0 amide bonds. The highest BCUT2D eigenvalue weighted by molar-refractivity contribution is 5.20. The van der Waals surface area contributed by atoms with E-state index in [0.29, 0.717) is 5.92 Å². The fourth-order valence-electron chi connectivity index (χ4n) is 4.50. The number of hydrogen-bond donors (Lipinski definition) is 1. The zero-order chi connectivity index (χ0) is 15.4. The molecular formula is C17H30O4. The Balaban J connectivity index is 1.76. The molecule has 3 fully saturated rings. The van der Waals surface area contributed by atoms with Crippen LogP contribution in [0, 0.1) is 17.8 Å². The van der Waals surface area contributed by atoms with Crippen LogP contribution in [0.3, 0.4) is 0 Å². The lowest BCUT2D eigenvalue weighted by atomic mass is 9.65. The Labute approximate surface area is 128 Å². The van der Waals surface area contributed by atoms with Gasteiger partial charge in [-0.05, 0) is 38.0 Å².